The average molecular weight is 553 g/mol. The second-order valence-corrected chi connectivity index (χ2v) is 10.8. The van der Waals surface area contributed by atoms with Crippen LogP contribution in [0.15, 0.2) is 47.4 Å². The zero-order chi connectivity index (χ0) is 25.8. The van der Waals surface area contributed by atoms with Gasteiger partial charge in [-0.15, -0.1) is 0 Å². The molecule has 2 rings (SSSR count). The molecule has 0 fully saturated rings. The summed E-state index contributed by atoms with van der Waals surface area (Å²) in [5.74, 6) is -20.3. The van der Waals surface area contributed by atoms with Gasteiger partial charge in [0, 0.05) is 10.7 Å². The zero-order valence-corrected chi connectivity index (χ0v) is 17.5. The van der Waals surface area contributed by atoms with Crippen LogP contribution in [0.5, 0.6) is 0 Å². The smallest absolute Gasteiger partial charge is 0.217 e. The third kappa shape index (κ3) is 3.95. The van der Waals surface area contributed by atoms with E-state index in [2.05, 4.69) is 10.7 Å². The molecule has 2 aromatic rings. The van der Waals surface area contributed by atoms with Gasteiger partial charge in [0.15, 0.2) is 0 Å². The van der Waals surface area contributed by atoms with E-state index in [1.54, 1.807) is 0 Å². The number of sulfone groups is 1. The molecular weight excluding hydrogens is 546 g/mol. The van der Waals surface area contributed by atoms with Crippen molar-refractivity contribution in [2.24, 2.45) is 0 Å². The molecule has 0 amide bonds. The largest absolute Gasteiger partial charge is 0.427 e. The van der Waals surface area contributed by atoms with Crippen LogP contribution in [-0.4, -0.2) is 39.2 Å². The van der Waals surface area contributed by atoms with Gasteiger partial charge in [-0.1, -0.05) is 30.3 Å². The Hall–Kier alpha value is -2.07. The van der Waals surface area contributed by atoms with Crippen molar-refractivity contribution in [1.29, 1.82) is 0 Å². The molecule has 0 N–H and O–H groups in total. The maximum atomic E-state index is 14.3. The van der Waals surface area contributed by atoms with E-state index in [9.17, 15) is 60.7 Å². The fourth-order valence-corrected chi connectivity index (χ4v) is 4.51. The summed E-state index contributed by atoms with van der Waals surface area (Å²) < 4.78 is 183. The van der Waals surface area contributed by atoms with Crippen LogP contribution < -0.4 is 0 Å². The molecule has 0 aromatic heterocycles. The SMILES string of the molecule is O=S(=O)(Cl)C(F)(F)C(F)(F)C(F)(F)C(F)(F)S(=O)(=O)c1c(F)cc(-c2ccccc2)cc1F. The topological polar surface area (TPSA) is 68.3 Å². The van der Waals surface area contributed by atoms with Gasteiger partial charge in [-0.25, -0.2) is 25.6 Å². The molecule has 0 saturated carbocycles. The first-order valence-electron chi connectivity index (χ1n) is 7.89. The van der Waals surface area contributed by atoms with Crippen molar-refractivity contribution < 1.29 is 60.7 Å². The number of benzene rings is 2. The molecular formula is C16H7ClF10O4S2. The van der Waals surface area contributed by atoms with Crippen molar-refractivity contribution in [2.45, 2.75) is 27.2 Å². The minimum absolute atomic E-state index is 0.0187. The number of hydrogen-bond donors (Lipinski definition) is 0. The Morgan fingerprint density at radius 2 is 1.03 bits per heavy atom. The van der Waals surface area contributed by atoms with E-state index in [-0.39, 0.29) is 17.7 Å². The summed E-state index contributed by atoms with van der Waals surface area (Å²) in [6, 6.07) is 6.68. The van der Waals surface area contributed by atoms with Gasteiger partial charge in [-0.05, 0) is 23.3 Å². The van der Waals surface area contributed by atoms with Crippen LogP contribution in [0.4, 0.5) is 43.9 Å². The monoisotopic (exact) mass is 552 g/mol. The predicted molar refractivity (Wildman–Crippen MR) is 93.5 cm³/mol. The lowest BCUT2D eigenvalue weighted by atomic mass is 10.1. The molecule has 184 valence electrons. The van der Waals surface area contributed by atoms with E-state index < -0.39 is 63.3 Å². The maximum Gasteiger partial charge on any atom is 0.427 e. The Kier molecular flexibility index (Phi) is 6.59. The van der Waals surface area contributed by atoms with Crippen LogP contribution in [0, 0.1) is 11.6 Å². The minimum atomic E-state index is -7.73. The Labute approximate surface area is 183 Å². The van der Waals surface area contributed by atoms with Crippen molar-refractivity contribution in [3.05, 3.63) is 54.1 Å². The van der Waals surface area contributed by atoms with Gasteiger partial charge in [0.2, 0.25) is 0 Å². The predicted octanol–water partition coefficient (Wildman–Crippen LogP) is 5.43. The van der Waals surface area contributed by atoms with Crippen LogP contribution >= 0.6 is 10.7 Å². The molecule has 0 bridgehead atoms. The normalized spacial score (nSPS) is 14.4. The first kappa shape index (κ1) is 27.2. The molecule has 0 radical (unpaired) electrons. The molecule has 0 heterocycles. The molecule has 0 atom stereocenters. The molecule has 4 nitrogen and oxygen atoms in total. The molecule has 0 aliphatic rings. The number of halogens is 11. The Morgan fingerprint density at radius 1 is 0.636 bits per heavy atom. The first-order valence-corrected chi connectivity index (χ1v) is 11.7. The highest BCUT2D eigenvalue weighted by molar-refractivity contribution is 8.14. The molecule has 0 unspecified atom stereocenters. The molecule has 33 heavy (non-hydrogen) atoms. The molecule has 0 spiro atoms. The van der Waals surface area contributed by atoms with E-state index in [4.69, 9.17) is 0 Å². The molecule has 0 saturated heterocycles. The van der Waals surface area contributed by atoms with Crippen molar-refractivity contribution in [3.63, 3.8) is 0 Å². The van der Waals surface area contributed by atoms with Gasteiger partial charge in [0.05, 0.1) is 0 Å². The van der Waals surface area contributed by atoms with Gasteiger partial charge in [0.25, 0.3) is 9.84 Å². The zero-order valence-electron chi connectivity index (χ0n) is 15.1. The highest BCUT2D eigenvalue weighted by Gasteiger charge is 2.87. The molecule has 0 aliphatic heterocycles. The fourth-order valence-electron chi connectivity index (χ4n) is 2.43. The van der Waals surface area contributed by atoms with Gasteiger partial charge < -0.3 is 0 Å². The van der Waals surface area contributed by atoms with Crippen molar-refractivity contribution in [3.8, 4) is 11.1 Å². The summed E-state index contributed by atoms with van der Waals surface area (Å²) in [5.41, 5.74) is -0.514. The average Bonchev–Trinajstić information content (AvgIpc) is 2.66. The van der Waals surface area contributed by atoms with E-state index in [0.717, 1.165) is 0 Å². The van der Waals surface area contributed by atoms with Crippen LogP contribution in [0.2, 0.25) is 0 Å². The fraction of sp³-hybridized carbons (Fsp3) is 0.250. The summed E-state index contributed by atoms with van der Waals surface area (Å²) >= 11 is 0. The molecule has 17 heteroatoms. The molecule has 0 aliphatic carbocycles. The molecule has 2 aromatic carbocycles. The van der Waals surface area contributed by atoms with Crippen molar-refractivity contribution in [2.75, 3.05) is 0 Å². The van der Waals surface area contributed by atoms with Gasteiger partial charge >= 0.3 is 31.4 Å². The van der Waals surface area contributed by atoms with Crippen molar-refractivity contribution in [1.82, 2.24) is 0 Å². The first-order chi connectivity index (χ1) is 14.6. The van der Waals surface area contributed by atoms with Crippen molar-refractivity contribution >= 4 is 29.6 Å². The summed E-state index contributed by atoms with van der Waals surface area (Å²) in [6.45, 7) is 0. The summed E-state index contributed by atoms with van der Waals surface area (Å²) in [7, 11) is -10.6. The van der Waals surface area contributed by atoms with E-state index >= 15 is 0 Å². The van der Waals surface area contributed by atoms with Crippen LogP contribution in [0.25, 0.3) is 11.1 Å². The number of hydrogen-bond acceptors (Lipinski definition) is 4. The number of rotatable bonds is 7. The second-order valence-electron chi connectivity index (χ2n) is 6.26. The van der Waals surface area contributed by atoms with E-state index in [1.807, 2.05) is 0 Å². The summed E-state index contributed by atoms with van der Waals surface area (Å²) in [5, 5.41) is -14.5. The minimum Gasteiger partial charge on any atom is -0.217 e. The Balaban J connectivity index is 2.73. The Bertz CT molecular complexity index is 1260. The lowest BCUT2D eigenvalue weighted by Crippen LogP contribution is -2.65. The summed E-state index contributed by atoms with van der Waals surface area (Å²) in [4.78, 5) is -2.85. The van der Waals surface area contributed by atoms with E-state index in [1.165, 1.54) is 30.3 Å². The maximum absolute atomic E-state index is 14.3. The van der Waals surface area contributed by atoms with Gasteiger partial charge in [-0.2, -0.15) is 35.1 Å². The quantitative estimate of drug-likeness (QED) is 0.339. The van der Waals surface area contributed by atoms with Crippen LogP contribution in [0.3, 0.4) is 0 Å². The Morgan fingerprint density at radius 3 is 1.42 bits per heavy atom. The standard InChI is InChI=1S/C16H7ClF10O4S2/c17-33(30,31)16(26,27)14(22,23)13(20,21)15(24,25)32(28,29)12-10(18)6-9(7-11(12)19)8-4-2-1-3-5-8/h1-7H. The highest BCUT2D eigenvalue weighted by Crippen LogP contribution is 2.57. The van der Waals surface area contributed by atoms with Crippen LogP contribution in [0.1, 0.15) is 0 Å². The van der Waals surface area contributed by atoms with Crippen LogP contribution in [-0.2, 0) is 18.9 Å². The van der Waals surface area contributed by atoms with Gasteiger partial charge in [0.1, 0.15) is 16.5 Å². The lowest BCUT2D eigenvalue weighted by Gasteiger charge is -2.34. The third-order valence-electron chi connectivity index (χ3n) is 4.14. The highest BCUT2D eigenvalue weighted by atomic mass is 35.7. The third-order valence-corrected chi connectivity index (χ3v) is 7.45. The lowest BCUT2D eigenvalue weighted by molar-refractivity contribution is -0.325. The van der Waals surface area contributed by atoms with E-state index in [0.29, 0.717) is 0 Å². The summed E-state index contributed by atoms with van der Waals surface area (Å²) in [6.07, 6.45) is 0. The number of alkyl halides is 8. The second kappa shape index (κ2) is 8.01. The van der Waals surface area contributed by atoms with Gasteiger partial charge in [-0.3, -0.25) is 0 Å².